The third-order valence-electron chi connectivity index (χ3n) is 2.99. The van der Waals surface area contributed by atoms with Crippen LogP contribution in [0.15, 0.2) is 34.3 Å². The molecule has 0 unspecified atom stereocenters. The van der Waals surface area contributed by atoms with E-state index in [-0.39, 0.29) is 6.61 Å². The van der Waals surface area contributed by atoms with E-state index in [0.29, 0.717) is 17.1 Å². The summed E-state index contributed by atoms with van der Waals surface area (Å²) in [4.78, 5) is 16.3. The lowest BCUT2D eigenvalue weighted by atomic mass is 10.2. The zero-order valence-corrected chi connectivity index (χ0v) is 12.9. The van der Waals surface area contributed by atoms with Crippen LogP contribution in [0.4, 0.5) is 0 Å². The van der Waals surface area contributed by atoms with Gasteiger partial charge >= 0.3 is 5.97 Å². The molecule has 0 atom stereocenters. The van der Waals surface area contributed by atoms with E-state index in [1.54, 1.807) is 12.3 Å². The number of aryl methyl sites for hydroxylation is 1. The van der Waals surface area contributed by atoms with Gasteiger partial charge in [-0.3, -0.25) is 5.10 Å². The monoisotopic (exact) mass is 317 g/mol. The van der Waals surface area contributed by atoms with Crippen molar-refractivity contribution in [2.45, 2.75) is 26.4 Å². The van der Waals surface area contributed by atoms with Crippen LogP contribution in [0.25, 0.3) is 10.8 Å². The average Bonchev–Trinajstić information content (AvgIpc) is 3.25. The van der Waals surface area contributed by atoms with Crippen LogP contribution < -0.4 is 0 Å². The number of nitrogens with zero attached hydrogens (tertiary/aromatic N) is 2. The Balaban J connectivity index is 1.58. The normalized spacial score (nSPS) is 10.8. The smallest absolute Gasteiger partial charge is 0.359 e. The van der Waals surface area contributed by atoms with E-state index < -0.39 is 5.97 Å². The first-order valence-electron chi connectivity index (χ1n) is 6.96. The van der Waals surface area contributed by atoms with E-state index in [0.717, 1.165) is 23.5 Å². The molecule has 0 aromatic carbocycles. The van der Waals surface area contributed by atoms with Gasteiger partial charge in [0.15, 0.2) is 16.5 Å². The van der Waals surface area contributed by atoms with E-state index in [2.05, 4.69) is 22.1 Å². The predicted octanol–water partition coefficient (Wildman–Crippen LogP) is 3.44. The van der Waals surface area contributed by atoms with Crippen LogP contribution in [0, 0.1) is 0 Å². The van der Waals surface area contributed by atoms with Gasteiger partial charge in [0.05, 0.1) is 12.0 Å². The maximum absolute atomic E-state index is 11.9. The van der Waals surface area contributed by atoms with Crippen LogP contribution in [-0.4, -0.2) is 21.2 Å². The first-order chi connectivity index (χ1) is 10.8. The number of ether oxygens (including phenoxy) is 1. The van der Waals surface area contributed by atoms with Crippen LogP contribution >= 0.6 is 11.3 Å². The number of hydrogen-bond acceptors (Lipinski definition) is 6. The van der Waals surface area contributed by atoms with Gasteiger partial charge in [-0.15, -0.1) is 11.3 Å². The van der Waals surface area contributed by atoms with E-state index >= 15 is 0 Å². The first-order valence-corrected chi connectivity index (χ1v) is 7.84. The van der Waals surface area contributed by atoms with Gasteiger partial charge in [0, 0.05) is 11.1 Å². The highest BCUT2D eigenvalue weighted by atomic mass is 32.1. The standard InChI is InChI=1S/C15H15N3O3S/c1-2-4-10-7-12(18-17-10)15(19)21-8-11-9-22-14(16-11)13-5-3-6-20-13/h3,5-7,9H,2,4,8H2,1H3,(H,17,18). The van der Waals surface area contributed by atoms with Crippen LogP contribution in [-0.2, 0) is 17.8 Å². The van der Waals surface area contributed by atoms with Crippen molar-refractivity contribution < 1.29 is 13.9 Å². The number of hydrogen-bond donors (Lipinski definition) is 1. The van der Waals surface area contributed by atoms with Crippen molar-refractivity contribution in [3.8, 4) is 10.8 Å². The second-order valence-electron chi connectivity index (χ2n) is 4.73. The van der Waals surface area contributed by atoms with Gasteiger partial charge < -0.3 is 9.15 Å². The third-order valence-corrected chi connectivity index (χ3v) is 3.90. The summed E-state index contributed by atoms with van der Waals surface area (Å²) in [6.45, 7) is 2.18. The van der Waals surface area contributed by atoms with Gasteiger partial charge in [-0.05, 0) is 24.6 Å². The summed E-state index contributed by atoms with van der Waals surface area (Å²) >= 11 is 1.45. The maximum Gasteiger partial charge on any atom is 0.359 e. The molecule has 0 fully saturated rings. The molecule has 1 N–H and O–H groups in total. The molecule has 3 aromatic rings. The van der Waals surface area contributed by atoms with Crippen molar-refractivity contribution in [2.75, 3.05) is 0 Å². The summed E-state index contributed by atoms with van der Waals surface area (Å²) in [6.07, 6.45) is 3.45. The molecule has 7 heteroatoms. The first kappa shape index (κ1) is 14.5. The average molecular weight is 317 g/mol. The van der Waals surface area contributed by atoms with Crippen LogP contribution in [0.3, 0.4) is 0 Å². The Bertz CT molecular complexity index is 746. The predicted molar refractivity (Wildman–Crippen MR) is 81.5 cm³/mol. The zero-order valence-electron chi connectivity index (χ0n) is 12.0. The summed E-state index contributed by atoms with van der Waals surface area (Å²) in [5.74, 6) is 0.255. The highest BCUT2D eigenvalue weighted by Gasteiger charge is 2.13. The molecular weight excluding hydrogens is 302 g/mol. The summed E-state index contributed by atoms with van der Waals surface area (Å²) in [5.41, 5.74) is 1.92. The SMILES string of the molecule is CCCc1cc(C(=O)OCc2csc(-c3ccco3)n2)n[nH]1. The minimum Gasteiger partial charge on any atom is -0.462 e. The van der Waals surface area contributed by atoms with Gasteiger partial charge in [-0.1, -0.05) is 13.3 Å². The molecule has 0 radical (unpaired) electrons. The number of nitrogens with one attached hydrogen (secondary N) is 1. The van der Waals surface area contributed by atoms with Gasteiger partial charge in [-0.25, -0.2) is 9.78 Å². The Kier molecular flexibility index (Phi) is 4.34. The quantitative estimate of drug-likeness (QED) is 0.704. The molecule has 0 bridgehead atoms. The molecule has 0 spiro atoms. The molecule has 3 aromatic heterocycles. The molecule has 0 saturated carbocycles. The molecule has 0 amide bonds. The second-order valence-corrected chi connectivity index (χ2v) is 5.58. The topological polar surface area (TPSA) is 81.0 Å². The summed E-state index contributed by atoms with van der Waals surface area (Å²) in [7, 11) is 0. The number of rotatable bonds is 6. The number of H-pyrrole nitrogens is 1. The van der Waals surface area contributed by atoms with Crippen molar-refractivity contribution in [1.29, 1.82) is 0 Å². The molecule has 0 aliphatic heterocycles. The summed E-state index contributed by atoms with van der Waals surface area (Å²) < 4.78 is 10.5. The number of aromatic amines is 1. The van der Waals surface area contributed by atoms with E-state index in [4.69, 9.17) is 9.15 Å². The highest BCUT2D eigenvalue weighted by Crippen LogP contribution is 2.24. The Labute approximate surface area is 131 Å². The second kappa shape index (κ2) is 6.57. The fraction of sp³-hybridized carbons (Fsp3) is 0.267. The van der Waals surface area contributed by atoms with Gasteiger partial charge in [0.2, 0.25) is 0 Å². The van der Waals surface area contributed by atoms with Crippen LogP contribution in [0.1, 0.15) is 35.2 Å². The minimum atomic E-state index is -0.453. The number of thiazole rings is 1. The van der Waals surface area contributed by atoms with Gasteiger partial charge in [0.25, 0.3) is 0 Å². The molecule has 3 heterocycles. The number of furan rings is 1. The lowest BCUT2D eigenvalue weighted by molar-refractivity contribution is 0.0461. The number of aromatic nitrogens is 3. The fourth-order valence-electron chi connectivity index (χ4n) is 1.96. The summed E-state index contributed by atoms with van der Waals surface area (Å²) in [5, 5.41) is 9.40. The Morgan fingerprint density at radius 2 is 2.41 bits per heavy atom. The van der Waals surface area contributed by atoms with Crippen molar-refractivity contribution >= 4 is 17.3 Å². The van der Waals surface area contributed by atoms with Crippen molar-refractivity contribution in [3.63, 3.8) is 0 Å². The highest BCUT2D eigenvalue weighted by molar-refractivity contribution is 7.13. The van der Waals surface area contributed by atoms with Crippen LogP contribution in [0.5, 0.6) is 0 Å². The van der Waals surface area contributed by atoms with E-state index in [9.17, 15) is 4.79 Å². The van der Waals surface area contributed by atoms with E-state index in [1.165, 1.54) is 11.3 Å². The molecular formula is C15H15N3O3S. The molecule has 3 rings (SSSR count). The Morgan fingerprint density at radius 3 is 3.18 bits per heavy atom. The van der Waals surface area contributed by atoms with Crippen molar-refractivity contribution in [2.24, 2.45) is 0 Å². The molecule has 22 heavy (non-hydrogen) atoms. The largest absolute Gasteiger partial charge is 0.462 e. The van der Waals surface area contributed by atoms with Crippen molar-refractivity contribution in [1.82, 2.24) is 15.2 Å². The Hall–Kier alpha value is -2.41. The third kappa shape index (κ3) is 3.25. The molecule has 114 valence electrons. The molecule has 0 saturated heterocycles. The van der Waals surface area contributed by atoms with Crippen LogP contribution in [0.2, 0.25) is 0 Å². The van der Waals surface area contributed by atoms with Gasteiger partial charge in [-0.2, -0.15) is 5.10 Å². The van der Waals surface area contributed by atoms with Crippen molar-refractivity contribution in [3.05, 3.63) is 46.9 Å². The lowest BCUT2D eigenvalue weighted by Gasteiger charge is -1.99. The number of carbonyl (C=O) groups excluding carboxylic acids is 1. The summed E-state index contributed by atoms with van der Waals surface area (Å²) in [6, 6.07) is 5.37. The maximum atomic E-state index is 11.9. The Morgan fingerprint density at radius 1 is 1.50 bits per heavy atom. The fourth-order valence-corrected chi connectivity index (χ4v) is 2.73. The molecule has 0 aliphatic carbocycles. The number of esters is 1. The lowest BCUT2D eigenvalue weighted by Crippen LogP contribution is -2.05. The minimum absolute atomic E-state index is 0.117. The molecule has 0 aliphatic rings. The van der Waals surface area contributed by atoms with E-state index in [1.807, 2.05) is 17.5 Å². The molecule has 6 nitrogen and oxygen atoms in total. The van der Waals surface area contributed by atoms with Gasteiger partial charge in [0.1, 0.15) is 6.61 Å². The number of carbonyl (C=O) groups is 1. The zero-order chi connectivity index (χ0) is 15.4.